The van der Waals surface area contributed by atoms with Crippen molar-refractivity contribution in [2.24, 2.45) is 0 Å². The van der Waals surface area contributed by atoms with Crippen LogP contribution in [0.3, 0.4) is 0 Å². The van der Waals surface area contributed by atoms with Gasteiger partial charge in [-0.2, -0.15) is 0 Å². The van der Waals surface area contributed by atoms with E-state index in [1.54, 1.807) is 0 Å². The van der Waals surface area contributed by atoms with Crippen molar-refractivity contribution >= 4 is 54.1 Å². The molecule has 0 aliphatic heterocycles. The Hall–Kier alpha value is -5.66. The van der Waals surface area contributed by atoms with Gasteiger partial charge in [-0.15, -0.1) is 0 Å². The van der Waals surface area contributed by atoms with Gasteiger partial charge >= 0.3 is 0 Å². The lowest BCUT2D eigenvalue weighted by molar-refractivity contribution is 0.794. The second kappa shape index (κ2) is 13.1. The first-order valence-corrected chi connectivity index (χ1v) is 17.6. The average molecular weight is 632 g/mol. The van der Waals surface area contributed by atoms with Crippen molar-refractivity contribution in [2.45, 2.75) is 40.0 Å². The van der Waals surface area contributed by atoms with Gasteiger partial charge < -0.3 is 4.57 Å². The molecule has 0 unspecified atom stereocenters. The van der Waals surface area contributed by atoms with E-state index >= 15 is 0 Å². The van der Waals surface area contributed by atoms with Crippen LogP contribution in [0.1, 0.15) is 36.5 Å². The van der Waals surface area contributed by atoms with Crippen molar-refractivity contribution in [1.82, 2.24) is 4.57 Å². The number of benzene rings is 8. The predicted octanol–water partition coefficient (Wildman–Crippen LogP) is 13.6. The zero-order valence-electron chi connectivity index (χ0n) is 28.6. The zero-order valence-corrected chi connectivity index (χ0v) is 28.6. The zero-order chi connectivity index (χ0) is 33.3. The molecule has 0 atom stereocenters. The van der Waals surface area contributed by atoms with Crippen LogP contribution in [0.25, 0.3) is 70.9 Å². The Labute approximate surface area is 289 Å². The van der Waals surface area contributed by atoms with Crippen molar-refractivity contribution < 1.29 is 0 Å². The lowest BCUT2D eigenvalue weighted by Crippen LogP contribution is -1.95. The summed E-state index contributed by atoms with van der Waals surface area (Å²) in [6.45, 7) is 6.56. The summed E-state index contributed by atoms with van der Waals surface area (Å²) in [5, 5.41) is 10.7. The summed E-state index contributed by atoms with van der Waals surface area (Å²) in [4.78, 5) is 0. The fourth-order valence-corrected chi connectivity index (χ4v) is 7.51. The van der Waals surface area contributed by atoms with Crippen LogP contribution >= 0.6 is 0 Å². The Kier molecular flexibility index (Phi) is 8.19. The number of hydrogen-bond donors (Lipinski definition) is 0. The van der Waals surface area contributed by atoms with Crippen LogP contribution in [0.5, 0.6) is 0 Å². The third-order valence-electron chi connectivity index (χ3n) is 9.91. The van der Waals surface area contributed by atoms with Crippen molar-refractivity contribution in [1.29, 1.82) is 0 Å². The molecule has 49 heavy (non-hydrogen) atoms. The second-order valence-electron chi connectivity index (χ2n) is 13.4. The SMILES string of the molecule is CCCCc1cccc(-n2c3ccccc3c3cc(-c4cccc(C)c4)ccc32)c1.Cc1ccc2c3ccccc3c3ccccc3c2c1. The first-order valence-electron chi connectivity index (χ1n) is 17.6. The highest BCUT2D eigenvalue weighted by Crippen LogP contribution is 2.36. The quantitative estimate of drug-likeness (QED) is 0.167. The van der Waals surface area contributed by atoms with Gasteiger partial charge in [-0.3, -0.25) is 0 Å². The maximum Gasteiger partial charge on any atom is 0.0541 e. The van der Waals surface area contributed by atoms with Gasteiger partial charge in [0.2, 0.25) is 0 Å². The van der Waals surface area contributed by atoms with Gasteiger partial charge in [0, 0.05) is 16.5 Å². The molecule has 0 aliphatic carbocycles. The van der Waals surface area contributed by atoms with E-state index in [2.05, 4.69) is 183 Å². The minimum atomic E-state index is 1.14. The van der Waals surface area contributed by atoms with Crippen LogP contribution in [0.2, 0.25) is 0 Å². The van der Waals surface area contributed by atoms with E-state index < -0.39 is 0 Å². The van der Waals surface area contributed by atoms with Gasteiger partial charge in [-0.05, 0) is 106 Å². The summed E-state index contributed by atoms with van der Waals surface area (Å²) in [6, 6.07) is 57.6. The van der Waals surface area contributed by atoms with Gasteiger partial charge in [0.15, 0.2) is 0 Å². The Balaban J connectivity index is 0.000000157. The largest absolute Gasteiger partial charge is 0.309 e. The molecule has 8 aromatic carbocycles. The number of rotatable bonds is 5. The number of nitrogens with zero attached hydrogens (tertiary/aromatic N) is 1. The topological polar surface area (TPSA) is 4.93 Å². The van der Waals surface area contributed by atoms with Crippen LogP contribution < -0.4 is 0 Å². The molecule has 238 valence electrons. The van der Waals surface area contributed by atoms with Crippen LogP contribution in [-0.2, 0) is 6.42 Å². The minimum Gasteiger partial charge on any atom is -0.309 e. The summed E-state index contributed by atoms with van der Waals surface area (Å²) >= 11 is 0. The molecule has 9 rings (SSSR count). The first kappa shape index (κ1) is 30.7. The third kappa shape index (κ3) is 5.76. The molecule has 0 fully saturated rings. The third-order valence-corrected chi connectivity index (χ3v) is 9.91. The first-order chi connectivity index (χ1) is 24.1. The summed E-state index contributed by atoms with van der Waals surface area (Å²) in [6.07, 6.45) is 3.59. The second-order valence-corrected chi connectivity index (χ2v) is 13.4. The Morgan fingerprint density at radius 2 is 1.00 bits per heavy atom. The number of hydrogen-bond acceptors (Lipinski definition) is 0. The number of para-hydroxylation sites is 1. The van der Waals surface area contributed by atoms with Crippen LogP contribution in [0.4, 0.5) is 0 Å². The molecule has 9 aromatic rings. The number of fused-ring (bicyclic) bond motifs is 9. The normalized spacial score (nSPS) is 11.4. The monoisotopic (exact) mass is 631 g/mol. The highest BCUT2D eigenvalue weighted by Gasteiger charge is 2.13. The maximum atomic E-state index is 2.42. The summed E-state index contributed by atoms with van der Waals surface area (Å²) in [5.74, 6) is 0. The van der Waals surface area contributed by atoms with Crippen LogP contribution in [0, 0.1) is 13.8 Å². The van der Waals surface area contributed by atoms with E-state index in [0.717, 1.165) is 6.42 Å². The van der Waals surface area contributed by atoms with Crippen LogP contribution in [0.15, 0.2) is 158 Å². The average Bonchev–Trinajstić information content (AvgIpc) is 3.48. The maximum absolute atomic E-state index is 2.42. The molecule has 0 radical (unpaired) electrons. The van der Waals surface area contributed by atoms with E-state index in [4.69, 9.17) is 0 Å². The van der Waals surface area contributed by atoms with Gasteiger partial charge in [0.1, 0.15) is 0 Å². The van der Waals surface area contributed by atoms with Crippen molar-refractivity contribution in [3.63, 3.8) is 0 Å². The Morgan fingerprint density at radius 1 is 0.408 bits per heavy atom. The molecule has 1 aromatic heterocycles. The molecule has 0 bridgehead atoms. The van der Waals surface area contributed by atoms with E-state index in [1.807, 2.05) is 0 Å². The van der Waals surface area contributed by atoms with E-state index in [1.165, 1.54) is 100 Å². The lowest BCUT2D eigenvalue weighted by atomic mass is 9.93. The molecule has 0 saturated carbocycles. The van der Waals surface area contributed by atoms with E-state index in [-0.39, 0.29) is 0 Å². The Morgan fingerprint density at radius 3 is 1.71 bits per heavy atom. The standard InChI is InChI=1S/C29H27N.C19H14/c1-3-4-10-22-11-8-13-25(19-22)30-28-15-6-5-14-26(28)27-20-24(16-17-29(27)30)23-12-7-9-21(2)18-23;1-13-10-11-18-16-8-3-2-6-14(16)15-7-4-5-9-17(15)19(18)12-13/h5-9,11-20H,3-4,10H2,1-2H3;2-12H,1H3. The van der Waals surface area contributed by atoms with E-state index in [9.17, 15) is 0 Å². The molecular weight excluding hydrogens is 591 g/mol. The molecular formula is C48H41N. The van der Waals surface area contributed by atoms with Gasteiger partial charge in [0.25, 0.3) is 0 Å². The van der Waals surface area contributed by atoms with Gasteiger partial charge in [-0.25, -0.2) is 0 Å². The van der Waals surface area contributed by atoms with E-state index in [0.29, 0.717) is 0 Å². The van der Waals surface area contributed by atoms with Crippen molar-refractivity contribution in [3.8, 4) is 16.8 Å². The number of unbranched alkanes of at least 4 members (excludes halogenated alkanes) is 1. The Bertz CT molecular complexity index is 2580. The number of aryl methyl sites for hydroxylation is 3. The number of aromatic nitrogens is 1. The van der Waals surface area contributed by atoms with Gasteiger partial charge in [0.05, 0.1) is 11.0 Å². The predicted molar refractivity (Wildman–Crippen MR) is 213 cm³/mol. The summed E-state index contributed by atoms with van der Waals surface area (Å²) in [5.41, 5.74) is 10.3. The fourth-order valence-electron chi connectivity index (χ4n) is 7.51. The fraction of sp³-hybridized carbons (Fsp3) is 0.125. The van der Waals surface area contributed by atoms with Crippen LogP contribution in [-0.4, -0.2) is 4.57 Å². The summed E-state index contributed by atoms with van der Waals surface area (Å²) < 4.78 is 2.42. The van der Waals surface area contributed by atoms with Crippen molar-refractivity contribution in [2.75, 3.05) is 0 Å². The molecule has 1 heterocycles. The molecule has 0 amide bonds. The minimum absolute atomic E-state index is 1.14. The lowest BCUT2D eigenvalue weighted by Gasteiger charge is -2.10. The molecule has 1 heteroatoms. The highest BCUT2D eigenvalue weighted by molar-refractivity contribution is 6.25. The molecule has 0 aliphatic rings. The van der Waals surface area contributed by atoms with Gasteiger partial charge in [-0.1, -0.05) is 152 Å². The molecule has 0 spiro atoms. The molecule has 0 N–H and O–H groups in total. The molecule has 0 saturated heterocycles. The molecule has 1 nitrogen and oxygen atoms in total. The smallest absolute Gasteiger partial charge is 0.0541 e. The summed E-state index contributed by atoms with van der Waals surface area (Å²) in [7, 11) is 0. The van der Waals surface area contributed by atoms with Crippen molar-refractivity contribution in [3.05, 3.63) is 174 Å². The highest BCUT2D eigenvalue weighted by atomic mass is 15.0.